The molecule has 1 heterocycles. The fourth-order valence-corrected chi connectivity index (χ4v) is 5.96. The van der Waals surface area contributed by atoms with Gasteiger partial charge in [-0.2, -0.15) is 0 Å². The third kappa shape index (κ3) is 12.7. The molecule has 10 heteroatoms. The van der Waals surface area contributed by atoms with E-state index in [1.54, 1.807) is 55.5 Å². The average molecular weight is 708 g/mol. The Kier molecular flexibility index (Phi) is 16.9. The monoisotopic (exact) mass is 707 g/mol. The van der Waals surface area contributed by atoms with E-state index >= 15 is 0 Å². The van der Waals surface area contributed by atoms with Gasteiger partial charge in [0.25, 0.3) is 5.91 Å². The second-order valence-corrected chi connectivity index (χ2v) is 13.1. The molecule has 10 nitrogen and oxygen atoms in total. The minimum absolute atomic E-state index is 0.176. The second kappa shape index (κ2) is 22.1. The SMILES string of the molecule is CCCCCCCCCCCCCCCCOC(=O)c1ccc(CO)c(NC(=O)C(/N=N/c2nc(C)nc3ccccc23)=C(\O)c2ccccc2)c1. The predicted octanol–water partition coefficient (Wildman–Crippen LogP) is 10.7. The Morgan fingerprint density at radius 1 is 0.750 bits per heavy atom. The van der Waals surface area contributed by atoms with E-state index in [-0.39, 0.29) is 22.8 Å². The number of aliphatic hydroxyl groups is 2. The number of benzene rings is 3. The Bertz CT molecular complexity index is 1790. The third-order valence-electron chi connectivity index (χ3n) is 8.92. The van der Waals surface area contributed by atoms with Crippen LogP contribution in [0.5, 0.6) is 0 Å². The van der Waals surface area contributed by atoms with Crippen LogP contribution in [0.1, 0.15) is 124 Å². The van der Waals surface area contributed by atoms with E-state index in [4.69, 9.17) is 4.74 Å². The van der Waals surface area contributed by atoms with Crippen molar-refractivity contribution in [3.63, 3.8) is 0 Å². The lowest BCUT2D eigenvalue weighted by Gasteiger charge is -2.13. The van der Waals surface area contributed by atoms with Crippen molar-refractivity contribution in [2.45, 2.75) is 110 Å². The summed E-state index contributed by atoms with van der Waals surface area (Å²) in [6.07, 6.45) is 17.4. The van der Waals surface area contributed by atoms with Gasteiger partial charge in [0.05, 0.1) is 24.3 Å². The molecule has 4 aromatic rings. The summed E-state index contributed by atoms with van der Waals surface area (Å²) in [5.74, 6) is -1.04. The molecule has 0 spiro atoms. The molecule has 4 rings (SSSR count). The topological polar surface area (TPSA) is 146 Å². The molecule has 0 unspecified atom stereocenters. The highest BCUT2D eigenvalue weighted by atomic mass is 16.5. The Labute approximate surface area is 307 Å². The zero-order valence-corrected chi connectivity index (χ0v) is 30.6. The third-order valence-corrected chi connectivity index (χ3v) is 8.92. The maximum atomic E-state index is 13.7. The van der Waals surface area contributed by atoms with Crippen molar-refractivity contribution >= 4 is 40.0 Å². The number of esters is 1. The summed E-state index contributed by atoms with van der Waals surface area (Å²) < 4.78 is 5.54. The van der Waals surface area contributed by atoms with Crippen LogP contribution in [0.4, 0.5) is 11.5 Å². The lowest BCUT2D eigenvalue weighted by molar-refractivity contribution is -0.112. The zero-order chi connectivity index (χ0) is 37.0. The molecule has 0 radical (unpaired) electrons. The van der Waals surface area contributed by atoms with E-state index in [0.717, 1.165) is 19.3 Å². The molecule has 0 atom stereocenters. The van der Waals surface area contributed by atoms with Crippen LogP contribution >= 0.6 is 0 Å². The standard InChI is InChI=1S/C42H53N5O5/c1-3-4-5-6-7-8-9-10-11-12-13-14-15-21-28-52-42(51)33-26-27-34(30-48)37(29-33)45-41(50)38(39(49)32-22-17-16-18-23-32)46-47-40-35-24-19-20-25-36(35)43-31(2)44-40/h16-20,22-27,29,48-49H,3-15,21,28,30H2,1-2H3,(H,45,50)/b39-38+,47-46+. The predicted molar refractivity (Wildman–Crippen MR) is 206 cm³/mol. The number of rotatable bonds is 22. The molecule has 276 valence electrons. The van der Waals surface area contributed by atoms with Gasteiger partial charge in [-0.05, 0) is 37.6 Å². The first-order valence-corrected chi connectivity index (χ1v) is 18.8. The van der Waals surface area contributed by atoms with Gasteiger partial charge in [-0.1, -0.05) is 139 Å². The van der Waals surface area contributed by atoms with Crippen LogP contribution in [0.15, 0.2) is 88.7 Å². The van der Waals surface area contributed by atoms with Crippen molar-refractivity contribution in [2.75, 3.05) is 11.9 Å². The summed E-state index contributed by atoms with van der Waals surface area (Å²) in [5.41, 5.74) is 1.38. The van der Waals surface area contributed by atoms with E-state index in [2.05, 4.69) is 32.4 Å². The molecule has 0 aliphatic carbocycles. The molecule has 52 heavy (non-hydrogen) atoms. The number of aryl methyl sites for hydroxylation is 1. The molecule has 0 saturated carbocycles. The number of anilines is 1. The van der Waals surface area contributed by atoms with Gasteiger partial charge in [-0.25, -0.2) is 14.8 Å². The van der Waals surface area contributed by atoms with Gasteiger partial charge < -0.3 is 20.3 Å². The first kappa shape index (κ1) is 39.8. The van der Waals surface area contributed by atoms with Crippen LogP contribution in [0.2, 0.25) is 0 Å². The minimum Gasteiger partial charge on any atom is -0.505 e. The van der Waals surface area contributed by atoms with E-state index in [1.807, 2.05) is 18.2 Å². The van der Waals surface area contributed by atoms with Gasteiger partial charge in [-0.3, -0.25) is 4.79 Å². The van der Waals surface area contributed by atoms with Crippen molar-refractivity contribution < 1.29 is 24.5 Å². The van der Waals surface area contributed by atoms with Gasteiger partial charge in [-0.15, -0.1) is 10.2 Å². The number of fused-ring (bicyclic) bond motifs is 1. The van der Waals surface area contributed by atoms with Gasteiger partial charge in [0.2, 0.25) is 0 Å². The first-order valence-electron chi connectivity index (χ1n) is 18.8. The fraction of sp³-hybridized carbons (Fsp3) is 0.429. The average Bonchev–Trinajstić information content (AvgIpc) is 3.16. The number of nitrogens with one attached hydrogen (secondary N) is 1. The summed E-state index contributed by atoms with van der Waals surface area (Å²) in [6, 6.07) is 20.3. The van der Waals surface area contributed by atoms with Crippen LogP contribution in [0.25, 0.3) is 16.7 Å². The van der Waals surface area contributed by atoms with Crippen molar-refractivity contribution in [1.29, 1.82) is 0 Å². The highest BCUT2D eigenvalue weighted by Crippen LogP contribution is 2.27. The molecule has 1 amide bonds. The molecule has 3 aromatic carbocycles. The zero-order valence-electron chi connectivity index (χ0n) is 30.6. The summed E-state index contributed by atoms with van der Waals surface area (Å²) in [6.45, 7) is 3.88. The number of carbonyl (C=O) groups excluding carboxylic acids is 2. The number of unbranched alkanes of at least 4 members (excludes halogenated alkanes) is 13. The molecule has 0 saturated heterocycles. The lowest BCUT2D eigenvalue weighted by Crippen LogP contribution is -2.17. The number of para-hydroxylation sites is 1. The largest absolute Gasteiger partial charge is 0.505 e. The molecular weight excluding hydrogens is 654 g/mol. The van der Waals surface area contributed by atoms with Crippen LogP contribution in [0.3, 0.4) is 0 Å². The van der Waals surface area contributed by atoms with Crippen molar-refractivity contribution in [3.05, 3.63) is 101 Å². The number of hydrogen-bond acceptors (Lipinski definition) is 9. The van der Waals surface area contributed by atoms with Crippen LogP contribution in [-0.2, 0) is 16.1 Å². The van der Waals surface area contributed by atoms with E-state index < -0.39 is 24.2 Å². The number of carbonyl (C=O) groups is 2. The molecule has 3 N–H and O–H groups in total. The lowest BCUT2D eigenvalue weighted by atomic mass is 10.0. The van der Waals surface area contributed by atoms with E-state index in [0.29, 0.717) is 34.5 Å². The number of hydrogen-bond donors (Lipinski definition) is 3. The van der Waals surface area contributed by atoms with Gasteiger partial charge in [0.1, 0.15) is 5.82 Å². The number of nitrogens with zero attached hydrogens (tertiary/aromatic N) is 4. The molecule has 1 aromatic heterocycles. The second-order valence-electron chi connectivity index (χ2n) is 13.1. The summed E-state index contributed by atoms with van der Waals surface area (Å²) >= 11 is 0. The smallest absolute Gasteiger partial charge is 0.338 e. The van der Waals surface area contributed by atoms with Gasteiger partial charge in [0.15, 0.2) is 17.3 Å². The van der Waals surface area contributed by atoms with Crippen molar-refractivity contribution in [1.82, 2.24) is 9.97 Å². The minimum atomic E-state index is -0.803. The summed E-state index contributed by atoms with van der Waals surface area (Å²) in [7, 11) is 0. The van der Waals surface area contributed by atoms with Crippen LogP contribution in [0, 0.1) is 6.92 Å². The van der Waals surface area contributed by atoms with Gasteiger partial charge >= 0.3 is 5.97 Å². The molecular formula is C42H53N5O5. The number of ether oxygens (including phenoxy) is 1. The fourth-order valence-electron chi connectivity index (χ4n) is 5.96. The van der Waals surface area contributed by atoms with Crippen molar-refractivity contribution in [3.8, 4) is 0 Å². The Morgan fingerprint density at radius 2 is 1.37 bits per heavy atom. The maximum Gasteiger partial charge on any atom is 0.338 e. The first-order chi connectivity index (χ1) is 25.4. The normalized spacial score (nSPS) is 11.9. The Morgan fingerprint density at radius 3 is 2.02 bits per heavy atom. The number of amides is 1. The molecule has 0 aliphatic heterocycles. The van der Waals surface area contributed by atoms with Gasteiger partial charge in [0, 0.05) is 22.2 Å². The maximum absolute atomic E-state index is 13.7. The number of aliphatic hydroxyl groups excluding tert-OH is 2. The van der Waals surface area contributed by atoms with E-state index in [1.165, 1.54) is 76.7 Å². The molecule has 0 bridgehead atoms. The van der Waals surface area contributed by atoms with Crippen LogP contribution < -0.4 is 5.32 Å². The Balaban J connectivity index is 1.34. The van der Waals surface area contributed by atoms with E-state index in [9.17, 15) is 19.8 Å². The summed E-state index contributed by atoms with van der Waals surface area (Å²) in [5, 5.41) is 33.0. The Hall–Kier alpha value is -4.96. The number of azo groups is 1. The molecule has 0 fully saturated rings. The highest BCUT2D eigenvalue weighted by Gasteiger charge is 2.20. The quantitative estimate of drug-likeness (QED) is 0.0242. The number of aromatic nitrogens is 2. The highest BCUT2D eigenvalue weighted by molar-refractivity contribution is 6.08. The molecule has 0 aliphatic rings. The van der Waals surface area contributed by atoms with Crippen molar-refractivity contribution in [2.24, 2.45) is 10.2 Å². The summed E-state index contributed by atoms with van der Waals surface area (Å²) in [4.78, 5) is 35.5. The van der Waals surface area contributed by atoms with Crippen LogP contribution in [-0.4, -0.2) is 38.7 Å².